The number of isocyanates is 2. The summed E-state index contributed by atoms with van der Waals surface area (Å²) in [6.07, 6.45) is 2.26. The van der Waals surface area contributed by atoms with E-state index in [1.54, 1.807) is 21.6 Å². The topological polar surface area (TPSA) is 58.9 Å². The molecule has 12 heavy (non-hydrogen) atoms. The SMILES string of the molecule is O=C=NC(N=C=O)C1CSSC1. The molecule has 0 radical (unpaired) electrons. The average molecular weight is 202 g/mol. The van der Waals surface area contributed by atoms with E-state index in [0.29, 0.717) is 0 Å². The quantitative estimate of drug-likeness (QED) is 0.389. The molecule has 6 heteroatoms. The Labute approximate surface area is 77.3 Å². The van der Waals surface area contributed by atoms with Gasteiger partial charge in [0.2, 0.25) is 12.2 Å². The van der Waals surface area contributed by atoms with Crippen molar-refractivity contribution in [1.29, 1.82) is 0 Å². The van der Waals surface area contributed by atoms with Crippen molar-refractivity contribution in [1.82, 2.24) is 0 Å². The summed E-state index contributed by atoms with van der Waals surface area (Å²) in [5, 5.41) is 0. The highest BCUT2D eigenvalue weighted by atomic mass is 33.1. The Morgan fingerprint density at radius 3 is 2.08 bits per heavy atom. The number of carbonyl (C=O) groups excluding carboxylic acids is 2. The molecule has 1 aliphatic heterocycles. The van der Waals surface area contributed by atoms with Gasteiger partial charge in [0.1, 0.15) is 0 Å². The maximum absolute atomic E-state index is 9.95. The highest BCUT2D eigenvalue weighted by Gasteiger charge is 2.25. The minimum absolute atomic E-state index is 0.169. The molecule has 64 valence electrons. The number of nitrogens with zero attached hydrogens (tertiary/aromatic N) is 2. The molecular weight excluding hydrogens is 196 g/mol. The molecule has 0 N–H and O–H groups in total. The molecule has 4 nitrogen and oxygen atoms in total. The summed E-state index contributed by atoms with van der Waals surface area (Å²) in [5.41, 5.74) is 0. The fourth-order valence-electron chi connectivity index (χ4n) is 0.839. The number of hydrogen-bond donors (Lipinski definition) is 0. The molecule has 0 atom stereocenters. The van der Waals surface area contributed by atoms with Crippen LogP contribution in [0.15, 0.2) is 9.98 Å². The maximum atomic E-state index is 9.95. The molecule has 0 bridgehead atoms. The van der Waals surface area contributed by atoms with E-state index in [0.717, 1.165) is 11.5 Å². The van der Waals surface area contributed by atoms with E-state index in [2.05, 4.69) is 9.98 Å². The molecule has 0 aromatic heterocycles. The van der Waals surface area contributed by atoms with Crippen LogP contribution in [0.1, 0.15) is 0 Å². The lowest BCUT2D eigenvalue weighted by Gasteiger charge is -2.08. The van der Waals surface area contributed by atoms with Gasteiger partial charge in [-0.25, -0.2) is 9.59 Å². The Morgan fingerprint density at radius 2 is 1.67 bits per heavy atom. The second-order valence-electron chi connectivity index (χ2n) is 2.18. The third kappa shape index (κ3) is 2.50. The number of aliphatic imine (C=N–C) groups is 2. The third-order valence-electron chi connectivity index (χ3n) is 1.44. The van der Waals surface area contributed by atoms with E-state index in [1.165, 1.54) is 12.2 Å². The van der Waals surface area contributed by atoms with Crippen LogP contribution >= 0.6 is 21.6 Å². The molecule has 0 aromatic carbocycles. The summed E-state index contributed by atoms with van der Waals surface area (Å²) in [6, 6.07) is 0. The van der Waals surface area contributed by atoms with Crippen LogP contribution < -0.4 is 0 Å². The van der Waals surface area contributed by atoms with Crippen molar-refractivity contribution >= 4 is 33.7 Å². The molecule has 1 rings (SSSR count). The first-order chi connectivity index (χ1) is 5.88. The molecular formula is C6H6N2O2S2. The molecule has 0 amide bonds. The first-order valence-corrected chi connectivity index (χ1v) is 5.75. The standard InChI is InChI=1S/C6H6N2O2S2/c9-3-7-6(8-4-10)5-1-11-12-2-5/h5-6H,1-2H2. The Bertz CT molecular complexity index is 222. The Balaban J connectivity index is 2.63. The summed E-state index contributed by atoms with van der Waals surface area (Å²) >= 11 is 0. The van der Waals surface area contributed by atoms with E-state index < -0.39 is 6.17 Å². The van der Waals surface area contributed by atoms with Crippen LogP contribution in [-0.4, -0.2) is 29.8 Å². The van der Waals surface area contributed by atoms with Crippen LogP contribution in [0.5, 0.6) is 0 Å². The molecule has 0 saturated carbocycles. The van der Waals surface area contributed by atoms with Gasteiger partial charge in [0.05, 0.1) is 0 Å². The largest absolute Gasteiger partial charge is 0.237 e. The van der Waals surface area contributed by atoms with Gasteiger partial charge >= 0.3 is 0 Å². The van der Waals surface area contributed by atoms with Crippen molar-refractivity contribution in [2.75, 3.05) is 11.5 Å². The maximum Gasteiger partial charge on any atom is 0.237 e. The molecule has 1 aliphatic rings. The zero-order valence-corrected chi connectivity index (χ0v) is 7.73. The predicted octanol–water partition coefficient (Wildman–Crippen LogP) is 0.995. The minimum Gasteiger partial charge on any atom is -0.211 e. The smallest absolute Gasteiger partial charge is 0.211 e. The highest BCUT2D eigenvalue weighted by molar-refractivity contribution is 8.77. The Hall–Kier alpha value is -0.540. The van der Waals surface area contributed by atoms with Crippen LogP contribution in [0.3, 0.4) is 0 Å². The van der Waals surface area contributed by atoms with E-state index in [1.807, 2.05) is 0 Å². The van der Waals surface area contributed by atoms with E-state index in [-0.39, 0.29) is 5.92 Å². The average Bonchev–Trinajstić information content (AvgIpc) is 2.56. The number of rotatable bonds is 3. The van der Waals surface area contributed by atoms with Gasteiger partial charge in [0, 0.05) is 17.4 Å². The van der Waals surface area contributed by atoms with Gasteiger partial charge in [-0.3, -0.25) is 0 Å². The summed E-state index contributed by atoms with van der Waals surface area (Å²) < 4.78 is 0. The minimum atomic E-state index is -0.567. The van der Waals surface area contributed by atoms with Crippen molar-refractivity contribution in [3.8, 4) is 0 Å². The monoisotopic (exact) mass is 202 g/mol. The van der Waals surface area contributed by atoms with Crippen molar-refractivity contribution in [2.45, 2.75) is 6.17 Å². The summed E-state index contributed by atoms with van der Waals surface area (Å²) in [7, 11) is 3.40. The van der Waals surface area contributed by atoms with Gasteiger partial charge in [-0.2, -0.15) is 9.98 Å². The first-order valence-electron chi connectivity index (χ1n) is 3.27. The zero-order valence-electron chi connectivity index (χ0n) is 6.10. The van der Waals surface area contributed by atoms with Crippen LogP contribution in [0, 0.1) is 5.92 Å². The van der Waals surface area contributed by atoms with Crippen LogP contribution in [0.25, 0.3) is 0 Å². The summed E-state index contributed by atoms with van der Waals surface area (Å²) in [5.74, 6) is 1.90. The fourth-order valence-corrected chi connectivity index (χ4v) is 3.74. The molecule has 1 fully saturated rings. The predicted molar refractivity (Wildman–Crippen MR) is 48.4 cm³/mol. The second-order valence-corrected chi connectivity index (χ2v) is 4.74. The fraction of sp³-hybridized carbons (Fsp3) is 0.667. The lowest BCUT2D eigenvalue weighted by molar-refractivity contribution is 0.504. The van der Waals surface area contributed by atoms with Gasteiger partial charge in [-0.05, 0) is 0 Å². The molecule has 0 aliphatic carbocycles. The van der Waals surface area contributed by atoms with Gasteiger partial charge in [-0.15, -0.1) is 0 Å². The lowest BCUT2D eigenvalue weighted by Crippen LogP contribution is -2.17. The molecule has 1 saturated heterocycles. The van der Waals surface area contributed by atoms with Crippen LogP contribution in [0.2, 0.25) is 0 Å². The molecule has 0 aromatic rings. The third-order valence-corrected chi connectivity index (χ3v) is 4.05. The van der Waals surface area contributed by atoms with Crippen molar-refractivity contribution in [2.24, 2.45) is 15.9 Å². The van der Waals surface area contributed by atoms with E-state index in [4.69, 9.17) is 0 Å². The van der Waals surface area contributed by atoms with Crippen LogP contribution in [0.4, 0.5) is 0 Å². The normalized spacial score (nSPS) is 19.3. The molecule has 0 spiro atoms. The van der Waals surface area contributed by atoms with E-state index >= 15 is 0 Å². The molecule has 1 heterocycles. The Morgan fingerprint density at radius 1 is 1.17 bits per heavy atom. The lowest BCUT2D eigenvalue weighted by atomic mass is 10.1. The van der Waals surface area contributed by atoms with E-state index in [9.17, 15) is 9.59 Å². The van der Waals surface area contributed by atoms with Crippen molar-refractivity contribution < 1.29 is 9.59 Å². The van der Waals surface area contributed by atoms with Crippen LogP contribution in [-0.2, 0) is 9.59 Å². The van der Waals surface area contributed by atoms with Crippen molar-refractivity contribution in [3.05, 3.63) is 0 Å². The summed E-state index contributed by atoms with van der Waals surface area (Å²) in [6.45, 7) is 0. The number of hydrogen-bond acceptors (Lipinski definition) is 6. The summed E-state index contributed by atoms with van der Waals surface area (Å²) in [4.78, 5) is 26.8. The van der Waals surface area contributed by atoms with Gasteiger partial charge in [-0.1, -0.05) is 21.6 Å². The molecule has 0 unspecified atom stereocenters. The van der Waals surface area contributed by atoms with Gasteiger partial charge < -0.3 is 0 Å². The highest BCUT2D eigenvalue weighted by Crippen LogP contribution is 2.37. The van der Waals surface area contributed by atoms with Gasteiger partial charge in [0.25, 0.3) is 0 Å². The Kier molecular flexibility index (Phi) is 4.11. The zero-order chi connectivity index (χ0) is 8.81. The van der Waals surface area contributed by atoms with Gasteiger partial charge in [0.15, 0.2) is 6.17 Å². The first kappa shape index (κ1) is 9.55. The second kappa shape index (κ2) is 5.17. The van der Waals surface area contributed by atoms with Crippen molar-refractivity contribution in [3.63, 3.8) is 0 Å².